The molecule has 29 heavy (non-hydrogen) atoms. The summed E-state index contributed by atoms with van der Waals surface area (Å²) >= 11 is 0. The summed E-state index contributed by atoms with van der Waals surface area (Å²) in [4.78, 5) is 12.8. The normalized spacial score (nSPS) is 12.2. The van der Waals surface area contributed by atoms with Gasteiger partial charge < -0.3 is 14.8 Å². The number of carbonyl (C=O) groups is 1. The highest BCUT2D eigenvalue weighted by molar-refractivity contribution is 7.92. The molecule has 0 aliphatic heterocycles. The molecule has 2 aromatic rings. The van der Waals surface area contributed by atoms with Crippen LogP contribution in [0.2, 0.25) is 0 Å². The first-order valence-electron chi connectivity index (χ1n) is 9.13. The van der Waals surface area contributed by atoms with Crippen molar-refractivity contribution in [2.45, 2.75) is 33.4 Å². The molecule has 1 N–H and O–H groups in total. The highest BCUT2D eigenvalue weighted by Gasteiger charge is 2.30. The molecule has 0 saturated heterocycles. The van der Waals surface area contributed by atoms with Crippen molar-refractivity contribution < 1.29 is 22.7 Å². The number of amides is 1. The molecule has 7 nitrogen and oxygen atoms in total. The van der Waals surface area contributed by atoms with Gasteiger partial charge in [-0.2, -0.15) is 0 Å². The van der Waals surface area contributed by atoms with Crippen LogP contribution in [0.4, 0.5) is 5.69 Å². The lowest BCUT2D eigenvalue weighted by molar-refractivity contribution is -0.122. The van der Waals surface area contributed by atoms with Crippen LogP contribution in [0.25, 0.3) is 0 Å². The maximum absolute atomic E-state index is 12.8. The zero-order valence-corrected chi connectivity index (χ0v) is 18.5. The minimum atomic E-state index is -3.67. The SMILES string of the molecule is COc1ccc(CNC(=O)C(C)N(c2cc(C)ccc2C)S(C)(=O)=O)cc1OC. The standard InChI is InChI=1S/C21H28N2O5S/c1-14-7-8-15(2)18(11-14)23(29(6,25)26)16(3)21(24)22-13-17-9-10-19(27-4)20(12-17)28-5/h7-12,16H,13H2,1-6H3,(H,22,24). The quantitative estimate of drug-likeness (QED) is 0.710. The maximum Gasteiger partial charge on any atom is 0.243 e. The molecule has 158 valence electrons. The van der Waals surface area contributed by atoms with Crippen molar-refractivity contribution in [1.29, 1.82) is 0 Å². The van der Waals surface area contributed by atoms with Crippen LogP contribution in [0.1, 0.15) is 23.6 Å². The van der Waals surface area contributed by atoms with Crippen molar-refractivity contribution in [3.05, 3.63) is 53.1 Å². The molecule has 2 rings (SSSR count). The molecule has 8 heteroatoms. The summed E-state index contributed by atoms with van der Waals surface area (Å²) in [6, 6.07) is 9.94. The van der Waals surface area contributed by atoms with E-state index in [9.17, 15) is 13.2 Å². The first-order chi connectivity index (χ1) is 13.6. The summed E-state index contributed by atoms with van der Waals surface area (Å²) in [5.41, 5.74) is 3.00. The minimum Gasteiger partial charge on any atom is -0.493 e. The second-order valence-corrected chi connectivity index (χ2v) is 8.79. The second kappa shape index (κ2) is 9.17. The fourth-order valence-electron chi connectivity index (χ4n) is 3.07. The van der Waals surface area contributed by atoms with E-state index in [1.807, 2.05) is 32.0 Å². The molecule has 1 atom stereocenters. The van der Waals surface area contributed by atoms with E-state index in [0.29, 0.717) is 17.2 Å². The van der Waals surface area contributed by atoms with Crippen molar-refractivity contribution in [3.8, 4) is 11.5 Å². The van der Waals surface area contributed by atoms with Gasteiger partial charge >= 0.3 is 0 Å². The zero-order valence-electron chi connectivity index (χ0n) is 17.6. The smallest absolute Gasteiger partial charge is 0.243 e. The van der Waals surface area contributed by atoms with Crippen molar-refractivity contribution in [2.24, 2.45) is 0 Å². The molecule has 0 aliphatic rings. The van der Waals surface area contributed by atoms with Crippen LogP contribution >= 0.6 is 0 Å². The highest BCUT2D eigenvalue weighted by atomic mass is 32.2. The monoisotopic (exact) mass is 420 g/mol. The number of hydrogen-bond donors (Lipinski definition) is 1. The van der Waals surface area contributed by atoms with E-state index < -0.39 is 22.0 Å². The topological polar surface area (TPSA) is 84.9 Å². The number of anilines is 1. The third-order valence-electron chi connectivity index (χ3n) is 4.61. The van der Waals surface area contributed by atoms with Gasteiger partial charge in [0.05, 0.1) is 26.2 Å². The van der Waals surface area contributed by atoms with Crippen molar-refractivity contribution in [2.75, 3.05) is 24.8 Å². The first-order valence-corrected chi connectivity index (χ1v) is 11.0. The van der Waals surface area contributed by atoms with Gasteiger partial charge in [0.25, 0.3) is 0 Å². The first kappa shape index (κ1) is 22.5. The van der Waals surface area contributed by atoms with Crippen LogP contribution in [-0.2, 0) is 21.4 Å². The van der Waals surface area contributed by atoms with E-state index >= 15 is 0 Å². The molecule has 0 aliphatic carbocycles. The summed E-state index contributed by atoms with van der Waals surface area (Å²) in [5, 5.41) is 2.80. The summed E-state index contributed by atoms with van der Waals surface area (Å²) < 4.78 is 36.6. The number of sulfonamides is 1. The molecule has 0 fully saturated rings. The van der Waals surface area contributed by atoms with E-state index in [4.69, 9.17) is 9.47 Å². The molecular weight excluding hydrogens is 392 g/mol. The van der Waals surface area contributed by atoms with Gasteiger partial charge in [-0.05, 0) is 55.7 Å². The minimum absolute atomic E-state index is 0.230. The van der Waals surface area contributed by atoms with Crippen molar-refractivity contribution in [3.63, 3.8) is 0 Å². The van der Waals surface area contributed by atoms with Gasteiger partial charge in [0.15, 0.2) is 11.5 Å². The van der Waals surface area contributed by atoms with Gasteiger partial charge in [0.2, 0.25) is 15.9 Å². The van der Waals surface area contributed by atoms with Gasteiger partial charge in [-0.1, -0.05) is 18.2 Å². The zero-order chi connectivity index (χ0) is 21.8. The fourth-order valence-corrected chi connectivity index (χ4v) is 4.29. The van der Waals surface area contributed by atoms with E-state index in [-0.39, 0.29) is 6.54 Å². The van der Waals surface area contributed by atoms with Crippen molar-refractivity contribution in [1.82, 2.24) is 5.32 Å². The predicted molar refractivity (Wildman–Crippen MR) is 114 cm³/mol. The Morgan fingerprint density at radius 3 is 2.31 bits per heavy atom. The molecule has 1 amide bonds. The largest absolute Gasteiger partial charge is 0.493 e. The van der Waals surface area contributed by atoms with Crippen LogP contribution in [0, 0.1) is 13.8 Å². The Hall–Kier alpha value is -2.74. The van der Waals surface area contributed by atoms with Crippen LogP contribution in [0.3, 0.4) is 0 Å². The Labute approximate surface area is 172 Å². The summed E-state index contributed by atoms with van der Waals surface area (Å²) in [6.45, 7) is 5.51. The Kier molecular flexibility index (Phi) is 7.13. The molecular formula is C21H28N2O5S. The van der Waals surface area contributed by atoms with Gasteiger partial charge in [0, 0.05) is 6.54 Å². The Morgan fingerprint density at radius 1 is 1.07 bits per heavy atom. The third kappa shape index (κ3) is 5.41. The lowest BCUT2D eigenvalue weighted by Gasteiger charge is -2.29. The van der Waals surface area contributed by atoms with Gasteiger partial charge in [-0.25, -0.2) is 8.42 Å². The Bertz CT molecular complexity index is 989. The van der Waals surface area contributed by atoms with E-state index in [2.05, 4.69) is 5.32 Å². The maximum atomic E-state index is 12.8. The van der Waals surface area contributed by atoms with Crippen LogP contribution in [0.5, 0.6) is 11.5 Å². The lowest BCUT2D eigenvalue weighted by atomic mass is 10.1. The number of ether oxygens (including phenoxy) is 2. The van der Waals surface area contributed by atoms with Crippen LogP contribution < -0.4 is 19.1 Å². The average Bonchev–Trinajstić information content (AvgIpc) is 2.67. The van der Waals surface area contributed by atoms with Crippen molar-refractivity contribution >= 4 is 21.6 Å². The van der Waals surface area contributed by atoms with Crippen LogP contribution in [-0.4, -0.2) is 40.8 Å². The van der Waals surface area contributed by atoms with E-state index in [1.165, 1.54) is 11.4 Å². The summed E-state index contributed by atoms with van der Waals surface area (Å²) in [7, 11) is -0.580. The molecule has 2 aromatic carbocycles. The fraction of sp³-hybridized carbons (Fsp3) is 0.381. The number of nitrogens with one attached hydrogen (secondary N) is 1. The van der Waals surface area contributed by atoms with E-state index in [1.54, 1.807) is 32.2 Å². The molecule has 0 radical (unpaired) electrons. The molecule has 0 saturated carbocycles. The molecule has 0 bridgehead atoms. The number of hydrogen-bond acceptors (Lipinski definition) is 5. The molecule has 0 spiro atoms. The molecule has 0 heterocycles. The second-order valence-electron chi connectivity index (χ2n) is 6.93. The van der Waals surface area contributed by atoms with E-state index in [0.717, 1.165) is 22.9 Å². The van der Waals surface area contributed by atoms with Gasteiger partial charge in [0.1, 0.15) is 6.04 Å². The predicted octanol–water partition coefficient (Wildman–Crippen LogP) is 2.79. The number of aryl methyl sites for hydroxylation is 2. The number of benzene rings is 2. The Balaban J connectivity index is 2.23. The average molecular weight is 421 g/mol. The molecule has 0 aromatic heterocycles. The number of nitrogens with zero attached hydrogens (tertiary/aromatic N) is 1. The summed E-state index contributed by atoms with van der Waals surface area (Å²) in [5.74, 6) is 0.751. The lowest BCUT2D eigenvalue weighted by Crippen LogP contribution is -2.48. The Morgan fingerprint density at radius 2 is 1.72 bits per heavy atom. The van der Waals surface area contributed by atoms with Gasteiger partial charge in [-0.3, -0.25) is 9.10 Å². The number of rotatable bonds is 8. The molecule has 1 unspecified atom stereocenters. The van der Waals surface area contributed by atoms with Gasteiger partial charge in [-0.15, -0.1) is 0 Å². The highest BCUT2D eigenvalue weighted by Crippen LogP contribution is 2.28. The van der Waals surface area contributed by atoms with Crippen LogP contribution in [0.15, 0.2) is 36.4 Å². The number of methoxy groups -OCH3 is 2. The number of carbonyl (C=O) groups excluding carboxylic acids is 1. The third-order valence-corrected chi connectivity index (χ3v) is 5.83. The summed E-state index contributed by atoms with van der Waals surface area (Å²) in [6.07, 6.45) is 1.10.